The highest BCUT2D eigenvalue weighted by atomic mass is 16.5. The normalized spacial score (nSPS) is 12.7. The summed E-state index contributed by atoms with van der Waals surface area (Å²) in [5.74, 6) is 1.47. The number of aryl methyl sites for hydroxylation is 2. The number of aromatic nitrogens is 2. The van der Waals surface area contributed by atoms with Crippen LogP contribution < -0.4 is 4.74 Å². The number of aliphatic hydroxyl groups excluding tert-OH is 1. The first kappa shape index (κ1) is 25.0. The molecule has 1 heterocycles. The Labute approximate surface area is 197 Å². The molecule has 0 aliphatic rings. The highest BCUT2D eigenvalue weighted by Crippen LogP contribution is 2.32. The summed E-state index contributed by atoms with van der Waals surface area (Å²) >= 11 is 0. The molecule has 6 nitrogen and oxygen atoms in total. The van der Waals surface area contributed by atoms with E-state index >= 15 is 0 Å². The van der Waals surface area contributed by atoms with Gasteiger partial charge in [0.05, 0.1) is 35.8 Å². The number of rotatable bonds is 11. The summed E-state index contributed by atoms with van der Waals surface area (Å²) < 4.78 is 13.9. The van der Waals surface area contributed by atoms with Crippen LogP contribution in [-0.4, -0.2) is 51.2 Å². The van der Waals surface area contributed by atoms with Gasteiger partial charge in [-0.1, -0.05) is 30.3 Å². The van der Waals surface area contributed by atoms with E-state index in [1.54, 1.807) is 0 Å². The van der Waals surface area contributed by atoms with Crippen LogP contribution in [0.2, 0.25) is 0 Å². The molecule has 6 heteroatoms. The van der Waals surface area contributed by atoms with Gasteiger partial charge in [0.25, 0.3) is 0 Å². The number of ether oxygens (including phenoxy) is 2. The fourth-order valence-corrected chi connectivity index (χ4v) is 3.65. The van der Waals surface area contributed by atoms with Crippen LogP contribution in [0.5, 0.6) is 11.6 Å². The second-order valence-electron chi connectivity index (χ2n) is 9.09. The highest BCUT2D eigenvalue weighted by molar-refractivity contribution is 5.43. The molecule has 1 unspecified atom stereocenters. The molecular formula is C27H37N3O3. The van der Waals surface area contributed by atoms with Gasteiger partial charge in [-0.05, 0) is 71.4 Å². The maximum Gasteiger partial charge on any atom is 0.227 e. The Morgan fingerprint density at radius 1 is 1.00 bits per heavy atom. The van der Waals surface area contributed by atoms with Gasteiger partial charge in [-0.2, -0.15) is 5.10 Å². The molecule has 1 N–H and O–H groups in total. The van der Waals surface area contributed by atoms with Crippen LogP contribution in [0, 0.1) is 13.8 Å². The van der Waals surface area contributed by atoms with Crippen molar-refractivity contribution in [3.63, 3.8) is 0 Å². The first-order valence-corrected chi connectivity index (χ1v) is 11.7. The van der Waals surface area contributed by atoms with Crippen LogP contribution >= 0.6 is 0 Å². The summed E-state index contributed by atoms with van der Waals surface area (Å²) in [5, 5.41) is 15.4. The van der Waals surface area contributed by atoms with Crippen molar-refractivity contribution in [1.82, 2.24) is 14.7 Å². The standard InChI is InChI=1S/C27H37N3O3/c1-19(2)29(16-24(31)18-32-20(3)4)17-26-22(6)28-30(23-12-8-7-9-13-23)27(26)33-25-14-10-11-21(5)15-25/h7-15,19-20,24,31H,16-18H2,1-6H3. The van der Waals surface area contributed by atoms with E-state index in [0.29, 0.717) is 25.6 Å². The van der Waals surface area contributed by atoms with Crippen LogP contribution in [0.25, 0.3) is 5.69 Å². The summed E-state index contributed by atoms with van der Waals surface area (Å²) in [6.07, 6.45) is -0.478. The van der Waals surface area contributed by atoms with E-state index in [1.807, 2.05) is 74.0 Å². The topological polar surface area (TPSA) is 59.8 Å². The number of benzene rings is 2. The van der Waals surface area contributed by atoms with E-state index < -0.39 is 6.10 Å². The van der Waals surface area contributed by atoms with Crippen molar-refractivity contribution in [2.75, 3.05) is 13.2 Å². The summed E-state index contributed by atoms with van der Waals surface area (Å²) in [5.41, 5.74) is 3.98. The van der Waals surface area contributed by atoms with E-state index in [1.165, 1.54) is 0 Å². The van der Waals surface area contributed by atoms with Crippen LogP contribution in [0.15, 0.2) is 54.6 Å². The first-order valence-electron chi connectivity index (χ1n) is 11.7. The van der Waals surface area contributed by atoms with Gasteiger partial charge in [0.1, 0.15) is 5.75 Å². The van der Waals surface area contributed by atoms with Crippen LogP contribution in [0.4, 0.5) is 0 Å². The quantitative estimate of drug-likeness (QED) is 0.430. The van der Waals surface area contributed by atoms with E-state index in [4.69, 9.17) is 14.6 Å². The maximum atomic E-state index is 10.6. The zero-order valence-electron chi connectivity index (χ0n) is 20.7. The average molecular weight is 452 g/mol. The van der Waals surface area contributed by atoms with Gasteiger partial charge in [0.2, 0.25) is 5.88 Å². The molecule has 2 aromatic carbocycles. The molecule has 0 fully saturated rings. The van der Waals surface area contributed by atoms with Crippen molar-refractivity contribution in [3.8, 4) is 17.3 Å². The van der Waals surface area contributed by atoms with Crippen molar-refractivity contribution < 1.29 is 14.6 Å². The van der Waals surface area contributed by atoms with Gasteiger partial charge >= 0.3 is 0 Å². The zero-order valence-corrected chi connectivity index (χ0v) is 20.7. The highest BCUT2D eigenvalue weighted by Gasteiger charge is 2.24. The second-order valence-corrected chi connectivity index (χ2v) is 9.09. The fraction of sp³-hybridized carbons (Fsp3) is 0.444. The van der Waals surface area contributed by atoms with Crippen molar-refractivity contribution in [3.05, 3.63) is 71.4 Å². The Morgan fingerprint density at radius 2 is 1.73 bits per heavy atom. The van der Waals surface area contributed by atoms with Crippen molar-refractivity contribution in [2.24, 2.45) is 0 Å². The van der Waals surface area contributed by atoms with Crippen molar-refractivity contribution >= 4 is 0 Å². The van der Waals surface area contributed by atoms with Crippen LogP contribution in [-0.2, 0) is 11.3 Å². The lowest BCUT2D eigenvalue weighted by Crippen LogP contribution is -2.39. The summed E-state index contributed by atoms with van der Waals surface area (Å²) in [6.45, 7) is 13.7. The predicted octanol–water partition coefficient (Wildman–Crippen LogP) is 5.28. The van der Waals surface area contributed by atoms with E-state index in [0.717, 1.165) is 28.3 Å². The monoisotopic (exact) mass is 451 g/mol. The molecule has 0 aliphatic heterocycles. The third-order valence-corrected chi connectivity index (χ3v) is 5.50. The van der Waals surface area contributed by atoms with Gasteiger partial charge in [-0.3, -0.25) is 4.90 Å². The molecule has 178 valence electrons. The second kappa shape index (κ2) is 11.5. The Balaban J connectivity index is 1.94. The van der Waals surface area contributed by atoms with Gasteiger partial charge in [-0.25, -0.2) is 4.68 Å². The van der Waals surface area contributed by atoms with E-state index in [2.05, 4.69) is 31.7 Å². The van der Waals surface area contributed by atoms with Crippen LogP contribution in [0.1, 0.15) is 44.5 Å². The number of hydrogen-bond donors (Lipinski definition) is 1. The smallest absolute Gasteiger partial charge is 0.227 e. The van der Waals surface area contributed by atoms with Gasteiger partial charge in [0.15, 0.2) is 0 Å². The number of para-hydroxylation sites is 1. The van der Waals surface area contributed by atoms with Crippen molar-refractivity contribution in [2.45, 2.75) is 66.3 Å². The van der Waals surface area contributed by atoms with Gasteiger partial charge in [-0.15, -0.1) is 0 Å². The third kappa shape index (κ3) is 6.90. The predicted molar refractivity (Wildman–Crippen MR) is 132 cm³/mol. The van der Waals surface area contributed by atoms with E-state index in [9.17, 15) is 5.11 Å². The lowest BCUT2D eigenvalue weighted by Gasteiger charge is -2.29. The SMILES string of the molecule is Cc1cccc(Oc2c(CN(CC(O)COC(C)C)C(C)C)c(C)nn2-c2ccccc2)c1. The number of hydrogen-bond acceptors (Lipinski definition) is 5. The molecule has 0 amide bonds. The molecule has 33 heavy (non-hydrogen) atoms. The largest absolute Gasteiger partial charge is 0.439 e. The van der Waals surface area contributed by atoms with E-state index in [-0.39, 0.29) is 12.1 Å². The lowest BCUT2D eigenvalue weighted by atomic mass is 10.2. The third-order valence-electron chi connectivity index (χ3n) is 5.50. The summed E-state index contributed by atoms with van der Waals surface area (Å²) in [7, 11) is 0. The minimum atomic E-state index is -0.569. The molecule has 1 atom stereocenters. The number of aliphatic hydroxyl groups is 1. The molecule has 0 aliphatic carbocycles. The van der Waals surface area contributed by atoms with Crippen molar-refractivity contribution in [1.29, 1.82) is 0 Å². The Bertz CT molecular complexity index is 1010. The molecule has 3 aromatic rings. The average Bonchev–Trinajstić information content (AvgIpc) is 3.07. The molecule has 0 saturated heterocycles. The molecular weight excluding hydrogens is 414 g/mol. The maximum absolute atomic E-state index is 10.6. The molecule has 1 aromatic heterocycles. The molecule has 3 rings (SSSR count). The Hall–Kier alpha value is -2.67. The van der Waals surface area contributed by atoms with Gasteiger partial charge in [0, 0.05) is 19.1 Å². The zero-order chi connectivity index (χ0) is 24.0. The summed E-state index contributed by atoms with van der Waals surface area (Å²) in [6, 6.07) is 18.3. The minimum absolute atomic E-state index is 0.0906. The molecule has 0 radical (unpaired) electrons. The molecule has 0 bridgehead atoms. The minimum Gasteiger partial charge on any atom is -0.439 e. The Kier molecular flexibility index (Phi) is 8.67. The number of nitrogens with zero attached hydrogens (tertiary/aromatic N) is 3. The molecule has 0 saturated carbocycles. The van der Waals surface area contributed by atoms with Crippen LogP contribution in [0.3, 0.4) is 0 Å². The first-order chi connectivity index (χ1) is 15.7. The summed E-state index contributed by atoms with van der Waals surface area (Å²) in [4.78, 5) is 2.23. The lowest BCUT2D eigenvalue weighted by molar-refractivity contribution is -0.0137. The molecule has 0 spiro atoms. The Morgan fingerprint density at radius 3 is 2.36 bits per heavy atom. The van der Waals surface area contributed by atoms with Gasteiger partial charge < -0.3 is 14.6 Å². The fourth-order valence-electron chi connectivity index (χ4n) is 3.65.